The fourth-order valence-corrected chi connectivity index (χ4v) is 0.744. The molecule has 0 saturated carbocycles. The van der Waals surface area contributed by atoms with Crippen LogP contribution in [0.4, 0.5) is 4.79 Å². The number of benzene rings is 1. The predicted molar refractivity (Wildman–Crippen MR) is 49.6 cm³/mol. The normalized spacial score (nSPS) is 9.92. The Morgan fingerprint density at radius 2 is 2.15 bits per heavy atom. The standard InChI is InChI=1S/C9H10N2O2/c1-13-9(12)11-10-7-8-5-3-2-4-6-8/h2-7H,1H3,(H,11,12)/b10-7-. The number of methoxy groups -OCH3 is 1. The summed E-state index contributed by atoms with van der Waals surface area (Å²) in [4.78, 5) is 10.6. The molecule has 0 aliphatic carbocycles. The highest BCUT2D eigenvalue weighted by Gasteiger charge is 1.91. The van der Waals surface area contributed by atoms with Gasteiger partial charge in [-0.15, -0.1) is 0 Å². The first-order valence-electron chi connectivity index (χ1n) is 3.75. The van der Waals surface area contributed by atoms with Crippen molar-refractivity contribution in [3.05, 3.63) is 35.9 Å². The van der Waals surface area contributed by atoms with Crippen LogP contribution in [-0.4, -0.2) is 19.4 Å². The average Bonchev–Trinajstić information content (AvgIpc) is 2.19. The first kappa shape index (κ1) is 9.25. The Balaban J connectivity index is 2.45. The van der Waals surface area contributed by atoms with Gasteiger partial charge in [0.2, 0.25) is 0 Å². The van der Waals surface area contributed by atoms with Gasteiger partial charge in [-0.3, -0.25) is 0 Å². The number of nitrogens with zero attached hydrogens (tertiary/aromatic N) is 1. The Morgan fingerprint density at radius 1 is 1.46 bits per heavy atom. The molecule has 13 heavy (non-hydrogen) atoms. The lowest BCUT2D eigenvalue weighted by Gasteiger charge is -1.94. The predicted octanol–water partition coefficient (Wildman–Crippen LogP) is 1.38. The largest absolute Gasteiger partial charge is 0.452 e. The third kappa shape index (κ3) is 3.37. The van der Waals surface area contributed by atoms with Crippen LogP contribution in [0.1, 0.15) is 5.56 Å². The summed E-state index contributed by atoms with van der Waals surface area (Å²) >= 11 is 0. The Morgan fingerprint density at radius 3 is 2.77 bits per heavy atom. The van der Waals surface area contributed by atoms with Crippen molar-refractivity contribution >= 4 is 12.3 Å². The van der Waals surface area contributed by atoms with Gasteiger partial charge in [0.15, 0.2) is 0 Å². The summed E-state index contributed by atoms with van der Waals surface area (Å²) in [5.41, 5.74) is 3.10. The van der Waals surface area contributed by atoms with Crippen molar-refractivity contribution in [2.45, 2.75) is 0 Å². The fraction of sp³-hybridized carbons (Fsp3) is 0.111. The van der Waals surface area contributed by atoms with E-state index in [2.05, 4.69) is 15.3 Å². The van der Waals surface area contributed by atoms with Crippen molar-refractivity contribution < 1.29 is 9.53 Å². The molecule has 1 aromatic carbocycles. The van der Waals surface area contributed by atoms with Gasteiger partial charge >= 0.3 is 6.09 Å². The van der Waals surface area contributed by atoms with E-state index in [0.717, 1.165) is 5.56 Å². The van der Waals surface area contributed by atoms with Crippen LogP contribution in [0.2, 0.25) is 0 Å². The molecule has 0 atom stereocenters. The van der Waals surface area contributed by atoms with E-state index >= 15 is 0 Å². The molecule has 4 heteroatoms. The molecule has 0 aliphatic heterocycles. The van der Waals surface area contributed by atoms with Gasteiger partial charge < -0.3 is 4.74 Å². The van der Waals surface area contributed by atoms with Crippen molar-refractivity contribution in [1.29, 1.82) is 0 Å². The van der Waals surface area contributed by atoms with E-state index in [1.54, 1.807) is 0 Å². The van der Waals surface area contributed by atoms with E-state index in [1.165, 1.54) is 13.3 Å². The maximum Gasteiger partial charge on any atom is 0.427 e. The smallest absolute Gasteiger partial charge is 0.427 e. The molecule has 1 rings (SSSR count). The van der Waals surface area contributed by atoms with Crippen LogP contribution >= 0.6 is 0 Å². The van der Waals surface area contributed by atoms with Crippen LogP contribution in [-0.2, 0) is 4.74 Å². The second-order valence-corrected chi connectivity index (χ2v) is 2.27. The molecule has 1 aromatic rings. The lowest BCUT2D eigenvalue weighted by Crippen LogP contribution is -2.16. The third-order valence-corrected chi connectivity index (χ3v) is 1.35. The summed E-state index contributed by atoms with van der Waals surface area (Å²) in [5.74, 6) is 0. The SMILES string of the molecule is COC(=O)N/N=C\c1ccccc1. The highest BCUT2D eigenvalue weighted by atomic mass is 16.5. The molecular formula is C9H10N2O2. The van der Waals surface area contributed by atoms with E-state index in [1.807, 2.05) is 30.3 Å². The number of carbonyl (C=O) groups excluding carboxylic acids is 1. The second-order valence-electron chi connectivity index (χ2n) is 2.27. The topological polar surface area (TPSA) is 50.7 Å². The van der Waals surface area contributed by atoms with Crippen molar-refractivity contribution in [3.63, 3.8) is 0 Å². The second kappa shape index (κ2) is 4.92. The zero-order valence-corrected chi connectivity index (χ0v) is 7.23. The summed E-state index contributed by atoms with van der Waals surface area (Å²) < 4.78 is 4.32. The van der Waals surface area contributed by atoms with Crippen molar-refractivity contribution in [2.75, 3.05) is 7.11 Å². The molecule has 0 aromatic heterocycles. The number of carbonyl (C=O) groups is 1. The summed E-state index contributed by atoms with van der Waals surface area (Å²) in [6.45, 7) is 0. The van der Waals surface area contributed by atoms with Gasteiger partial charge in [0.1, 0.15) is 0 Å². The Bertz CT molecular complexity index is 296. The van der Waals surface area contributed by atoms with Gasteiger partial charge in [-0.1, -0.05) is 30.3 Å². The van der Waals surface area contributed by atoms with Gasteiger partial charge in [0.05, 0.1) is 13.3 Å². The summed E-state index contributed by atoms with van der Waals surface area (Å²) in [6.07, 6.45) is 0.962. The van der Waals surface area contributed by atoms with E-state index < -0.39 is 6.09 Å². The first-order valence-corrected chi connectivity index (χ1v) is 3.75. The van der Waals surface area contributed by atoms with Crippen LogP contribution in [0, 0.1) is 0 Å². The van der Waals surface area contributed by atoms with Crippen LogP contribution in [0.15, 0.2) is 35.4 Å². The molecule has 1 amide bonds. The average molecular weight is 178 g/mol. The van der Waals surface area contributed by atoms with Gasteiger partial charge in [-0.2, -0.15) is 5.10 Å². The molecule has 4 nitrogen and oxygen atoms in total. The zero-order chi connectivity index (χ0) is 9.52. The number of rotatable bonds is 2. The molecule has 0 unspecified atom stereocenters. The molecule has 0 radical (unpaired) electrons. The van der Waals surface area contributed by atoms with Gasteiger partial charge in [0, 0.05) is 0 Å². The lowest BCUT2D eigenvalue weighted by atomic mass is 10.2. The Kier molecular flexibility index (Phi) is 3.50. The van der Waals surface area contributed by atoms with Crippen molar-refractivity contribution in [2.24, 2.45) is 5.10 Å². The first-order chi connectivity index (χ1) is 6.33. The summed E-state index contributed by atoms with van der Waals surface area (Å²) in [6, 6.07) is 9.44. The molecule has 0 saturated heterocycles. The summed E-state index contributed by atoms with van der Waals surface area (Å²) in [7, 11) is 1.29. The molecule has 0 heterocycles. The number of hydrazone groups is 1. The molecule has 68 valence electrons. The van der Waals surface area contributed by atoms with E-state index in [0.29, 0.717) is 0 Å². The minimum absolute atomic E-state index is 0.577. The Labute approximate surface area is 76.2 Å². The van der Waals surface area contributed by atoms with E-state index in [4.69, 9.17) is 0 Å². The molecule has 0 aliphatic rings. The molecule has 0 fully saturated rings. The van der Waals surface area contributed by atoms with Crippen LogP contribution < -0.4 is 5.43 Å². The van der Waals surface area contributed by atoms with Gasteiger partial charge in [-0.05, 0) is 5.56 Å². The molecular weight excluding hydrogens is 168 g/mol. The van der Waals surface area contributed by atoms with E-state index in [9.17, 15) is 4.79 Å². The van der Waals surface area contributed by atoms with Crippen LogP contribution in [0.5, 0.6) is 0 Å². The highest BCUT2D eigenvalue weighted by molar-refractivity contribution is 5.80. The highest BCUT2D eigenvalue weighted by Crippen LogP contribution is 1.92. The number of hydrogen-bond acceptors (Lipinski definition) is 3. The molecule has 0 bridgehead atoms. The number of ether oxygens (including phenoxy) is 1. The quantitative estimate of drug-likeness (QED) is 0.549. The number of nitrogens with one attached hydrogen (secondary N) is 1. The maximum absolute atomic E-state index is 10.6. The van der Waals surface area contributed by atoms with Crippen molar-refractivity contribution in [1.82, 2.24) is 5.43 Å². The number of amides is 1. The lowest BCUT2D eigenvalue weighted by molar-refractivity contribution is 0.171. The van der Waals surface area contributed by atoms with Gasteiger partial charge in [0.25, 0.3) is 0 Å². The fourth-order valence-electron chi connectivity index (χ4n) is 0.744. The Hall–Kier alpha value is -1.84. The summed E-state index contributed by atoms with van der Waals surface area (Å²) in [5, 5.41) is 3.66. The number of hydrogen-bond donors (Lipinski definition) is 1. The maximum atomic E-state index is 10.6. The van der Waals surface area contributed by atoms with Gasteiger partial charge in [-0.25, -0.2) is 10.2 Å². The molecule has 0 spiro atoms. The zero-order valence-electron chi connectivity index (χ0n) is 7.23. The third-order valence-electron chi connectivity index (χ3n) is 1.35. The minimum Gasteiger partial charge on any atom is -0.452 e. The minimum atomic E-state index is -0.577. The van der Waals surface area contributed by atoms with Crippen LogP contribution in [0.3, 0.4) is 0 Å². The van der Waals surface area contributed by atoms with Crippen LogP contribution in [0.25, 0.3) is 0 Å². The van der Waals surface area contributed by atoms with E-state index in [-0.39, 0.29) is 0 Å². The molecule has 1 N–H and O–H groups in total. The van der Waals surface area contributed by atoms with Crippen molar-refractivity contribution in [3.8, 4) is 0 Å². The monoisotopic (exact) mass is 178 g/mol.